The van der Waals surface area contributed by atoms with Crippen LogP contribution in [0.25, 0.3) is 0 Å². The van der Waals surface area contributed by atoms with Crippen LogP contribution in [0.3, 0.4) is 0 Å². The summed E-state index contributed by atoms with van der Waals surface area (Å²) in [5.74, 6) is 2.12. The van der Waals surface area contributed by atoms with Gasteiger partial charge in [0, 0.05) is 16.0 Å². The monoisotopic (exact) mass is 340 g/mol. The molecular formula is C18H13ClN2OS. The number of fused-ring (bicyclic) bond motifs is 1. The Bertz CT molecular complexity index is 831. The van der Waals surface area contributed by atoms with Gasteiger partial charge in [0.05, 0.1) is 6.54 Å². The van der Waals surface area contributed by atoms with Crippen LogP contribution < -0.4 is 9.04 Å². The third kappa shape index (κ3) is 3.14. The van der Waals surface area contributed by atoms with Gasteiger partial charge >= 0.3 is 0 Å². The zero-order valence-electron chi connectivity index (χ0n) is 12.1. The number of nitrogens with zero attached hydrogens (tertiary/aromatic N) is 2. The lowest BCUT2D eigenvalue weighted by atomic mass is 10.2. The summed E-state index contributed by atoms with van der Waals surface area (Å²) in [6.07, 6.45) is 0. The number of pyridine rings is 1. The Hall–Kier alpha value is -2.17. The van der Waals surface area contributed by atoms with Gasteiger partial charge < -0.3 is 4.74 Å². The number of ether oxygens (including phenoxy) is 1. The van der Waals surface area contributed by atoms with Crippen molar-refractivity contribution in [1.29, 1.82) is 0 Å². The maximum Gasteiger partial charge on any atom is 0.221 e. The molecule has 2 heterocycles. The minimum absolute atomic E-state index is 0.557. The van der Waals surface area contributed by atoms with Gasteiger partial charge in [0.25, 0.3) is 0 Å². The Morgan fingerprint density at radius 1 is 1.00 bits per heavy atom. The van der Waals surface area contributed by atoms with Crippen molar-refractivity contribution in [2.75, 3.05) is 4.31 Å². The smallest absolute Gasteiger partial charge is 0.221 e. The highest BCUT2D eigenvalue weighted by atomic mass is 35.5. The molecule has 0 saturated carbocycles. The van der Waals surface area contributed by atoms with Crippen molar-refractivity contribution in [3.8, 4) is 11.6 Å². The minimum atomic E-state index is 0.557. The highest BCUT2D eigenvalue weighted by Crippen LogP contribution is 2.39. The average Bonchev–Trinajstić information content (AvgIpc) is 2.99. The zero-order valence-corrected chi connectivity index (χ0v) is 13.7. The molecule has 0 N–H and O–H groups in total. The Morgan fingerprint density at radius 2 is 1.87 bits per heavy atom. The minimum Gasteiger partial charge on any atom is -0.439 e. The molecule has 0 radical (unpaired) electrons. The van der Waals surface area contributed by atoms with Crippen LogP contribution in [0.5, 0.6) is 11.6 Å². The summed E-state index contributed by atoms with van der Waals surface area (Å²) >= 11 is 7.69. The first kappa shape index (κ1) is 14.4. The van der Waals surface area contributed by atoms with Gasteiger partial charge in [-0.3, -0.25) is 4.31 Å². The third-order valence-electron chi connectivity index (χ3n) is 3.48. The van der Waals surface area contributed by atoms with E-state index in [1.165, 1.54) is 10.5 Å². The maximum absolute atomic E-state index is 5.99. The van der Waals surface area contributed by atoms with Crippen molar-refractivity contribution in [3.63, 3.8) is 0 Å². The molecule has 2 aromatic carbocycles. The van der Waals surface area contributed by atoms with E-state index in [1.54, 1.807) is 18.0 Å². The number of anilines is 1. The van der Waals surface area contributed by atoms with E-state index in [1.807, 2.05) is 36.4 Å². The molecule has 0 spiro atoms. The molecule has 0 atom stereocenters. The summed E-state index contributed by atoms with van der Waals surface area (Å²) in [6.45, 7) is 0.842. The summed E-state index contributed by atoms with van der Waals surface area (Å²) in [5, 5.41) is 0.643. The lowest BCUT2D eigenvalue weighted by Crippen LogP contribution is -2.09. The van der Waals surface area contributed by atoms with Crippen molar-refractivity contribution >= 4 is 29.4 Å². The standard InChI is InChI=1S/C18H13ClN2OS/c19-14-6-3-7-15(11-14)22-18-10-4-9-17(20-18)21-12-13-5-1-2-8-16(13)23-21/h1-11H,12H2. The van der Waals surface area contributed by atoms with Gasteiger partial charge in [-0.25, -0.2) is 0 Å². The van der Waals surface area contributed by atoms with E-state index in [4.69, 9.17) is 16.3 Å². The van der Waals surface area contributed by atoms with Gasteiger partial charge in [-0.1, -0.05) is 41.9 Å². The van der Waals surface area contributed by atoms with Crippen LogP contribution >= 0.6 is 23.5 Å². The predicted molar refractivity (Wildman–Crippen MR) is 94.2 cm³/mol. The molecule has 0 fully saturated rings. The highest BCUT2D eigenvalue weighted by Gasteiger charge is 2.21. The molecule has 0 bridgehead atoms. The molecular weight excluding hydrogens is 328 g/mol. The van der Waals surface area contributed by atoms with E-state index in [-0.39, 0.29) is 0 Å². The first-order valence-electron chi connectivity index (χ1n) is 7.22. The number of benzene rings is 2. The van der Waals surface area contributed by atoms with Crippen molar-refractivity contribution < 1.29 is 4.74 Å². The van der Waals surface area contributed by atoms with Crippen molar-refractivity contribution in [1.82, 2.24) is 4.98 Å². The van der Waals surface area contributed by atoms with E-state index in [0.717, 1.165) is 12.4 Å². The molecule has 4 rings (SSSR count). The van der Waals surface area contributed by atoms with Crippen LogP contribution in [0.15, 0.2) is 71.6 Å². The normalized spacial score (nSPS) is 13.0. The molecule has 0 amide bonds. The molecule has 1 aliphatic heterocycles. The molecule has 114 valence electrons. The molecule has 0 aliphatic carbocycles. The number of aromatic nitrogens is 1. The maximum atomic E-state index is 5.99. The van der Waals surface area contributed by atoms with Gasteiger partial charge in [-0.05, 0) is 47.8 Å². The molecule has 1 aromatic heterocycles. The zero-order chi connectivity index (χ0) is 15.6. The topological polar surface area (TPSA) is 25.4 Å². The van der Waals surface area contributed by atoms with Gasteiger partial charge in [0.2, 0.25) is 5.88 Å². The Morgan fingerprint density at radius 3 is 2.74 bits per heavy atom. The molecule has 0 unspecified atom stereocenters. The lowest BCUT2D eigenvalue weighted by molar-refractivity contribution is 0.463. The Labute approximate surface area is 144 Å². The van der Waals surface area contributed by atoms with Gasteiger partial charge in [0.15, 0.2) is 0 Å². The third-order valence-corrected chi connectivity index (χ3v) is 4.84. The van der Waals surface area contributed by atoms with E-state index in [2.05, 4.69) is 33.6 Å². The van der Waals surface area contributed by atoms with Crippen LogP contribution in [0.1, 0.15) is 5.56 Å². The number of hydrogen-bond donors (Lipinski definition) is 0. The predicted octanol–water partition coefficient (Wildman–Crippen LogP) is 5.55. The Kier molecular flexibility index (Phi) is 3.85. The second kappa shape index (κ2) is 6.14. The fourth-order valence-corrected chi connectivity index (χ4v) is 3.61. The molecule has 3 nitrogen and oxygen atoms in total. The second-order valence-electron chi connectivity index (χ2n) is 5.13. The van der Waals surface area contributed by atoms with Crippen molar-refractivity contribution in [2.24, 2.45) is 0 Å². The Balaban J connectivity index is 1.56. The summed E-state index contributed by atoms with van der Waals surface area (Å²) in [4.78, 5) is 5.88. The fourth-order valence-electron chi connectivity index (χ4n) is 2.41. The van der Waals surface area contributed by atoms with Crippen LogP contribution in [-0.4, -0.2) is 4.98 Å². The van der Waals surface area contributed by atoms with Gasteiger partial charge in [0.1, 0.15) is 11.6 Å². The summed E-state index contributed by atoms with van der Waals surface area (Å²) in [6, 6.07) is 21.5. The van der Waals surface area contributed by atoms with Crippen molar-refractivity contribution in [3.05, 3.63) is 77.3 Å². The average molecular weight is 341 g/mol. The summed E-state index contributed by atoms with van der Waals surface area (Å²) in [5.41, 5.74) is 1.32. The second-order valence-corrected chi connectivity index (χ2v) is 6.63. The highest BCUT2D eigenvalue weighted by molar-refractivity contribution is 8.01. The summed E-state index contributed by atoms with van der Waals surface area (Å²) < 4.78 is 7.97. The van der Waals surface area contributed by atoms with Crippen LogP contribution in [-0.2, 0) is 6.54 Å². The SMILES string of the molecule is Clc1cccc(Oc2cccc(N3Cc4ccccc4S3)n2)c1. The van der Waals surface area contributed by atoms with E-state index < -0.39 is 0 Å². The van der Waals surface area contributed by atoms with E-state index >= 15 is 0 Å². The molecule has 0 saturated heterocycles. The van der Waals surface area contributed by atoms with Gasteiger partial charge in [-0.2, -0.15) is 4.98 Å². The lowest BCUT2D eigenvalue weighted by Gasteiger charge is -2.15. The van der Waals surface area contributed by atoms with Crippen LogP contribution in [0.2, 0.25) is 5.02 Å². The fraction of sp³-hybridized carbons (Fsp3) is 0.0556. The number of rotatable bonds is 3. The molecule has 1 aliphatic rings. The van der Waals surface area contributed by atoms with Crippen LogP contribution in [0, 0.1) is 0 Å². The molecule has 5 heteroatoms. The molecule has 23 heavy (non-hydrogen) atoms. The van der Waals surface area contributed by atoms with Crippen molar-refractivity contribution in [2.45, 2.75) is 11.4 Å². The number of halogens is 1. The van der Waals surface area contributed by atoms with E-state index in [9.17, 15) is 0 Å². The summed E-state index contributed by atoms with van der Waals surface area (Å²) in [7, 11) is 0. The van der Waals surface area contributed by atoms with Crippen LogP contribution in [0.4, 0.5) is 5.82 Å². The van der Waals surface area contributed by atoms with E-state index in [0.29, 0.717) is 16.7 Å². The van der Waals surface area contributed by atoms with Gasteiger partial charge in [-0.15, -0.1) is 0 Å². The first-order valence-corrected chi connectivity index (χ1v) is 8.37. The molecule has 3 aromatic rings. The number of hydrogen-bond acceptors (Lipinski definition) is 4. The quantitative estimate of drug-likeness (QED) is 0.583. The largest absolute Gasteiger partial charge is 0.439 e. The first-order chi connectivity index (χ1) is 11.3.